The molecule has 2 rings (SSSR count). The number of aromatic nitrogens is 1. The summed E-state index contributed by atoms with van der Waals surface area (Å²) in [5.74, 6) is 0.676. The van der Waals surface area contributed by atoms with Gasteiger partial charge in [-0.15, -0.1) is 11.3 Å². The third-order valence-corrected chi connectivity index (χ3v) is 2.77. The van der Waals surface area contributed by atoms with Crippen LogP contribution in [0.4, 0.5) is 0 Å². The second kappa shape index (κ2) is 3.32. The minimum atomic E-state index is 0.676. The first-order valence-electron chi connectivity index (χ1n) is 4.05. The van der Waals surface area contributed by atoms with Gasteiger partial charge in [-0.25, -0.2) is 4.98 Å². The van der Waals surface area contributed by atoms with E-state index in [9.17, 15) is 0 Å². The molecule has 3 heteroatoms. The Hall–Kier alpha value is -0.410. The van der Waals surface area contributed by atoms with Gasteiger partial charge < -0.3 is 5.32 Å². The van der Waals surface area contributed by atoms with Crippen LogP contribution in [0.2, 0.25) is 0 Å². The predicted molar refractivity (Wildman–Crippen MR) is 47.0 cm³/mol. The summed E-state index contributed by atoms with van der Waals surface area (Å²) in [6.45, 7) is 2.30. The lowest BCUT2D eigenvalue weighted by atomic mass is 9.97. The monoisotopic (exact) mass is 168 g/mol. The fourth-order valence-electron chi connectivity index (χ4n) is 1.53. The summed E-state index contributed by atoms with van der Waals surface area (Å²) in [5.41, 5.74) is 3.20. The third-order valence-electron chi connectivity index (χ3n) is 2.17. The highest BCUT2D eigenvalue weighted by molar-refractivity contribution is 7.07. The minimum absolute atomic E-state index is 0.676. The molecule has 2 nitrogen and oxygen atoms in total. The molecule has 0 radical (unpaired) electrons. The van der Waals surface area contributed by atoms with Crippen LogP contribution in [-0.4, -0.2) is 18.1 Å². The fourth-order valence-corrected chi connectivity index (χ4v) is 2.16. The average Bonchev–Trinajstić information content (AvgIpc) is 2.58. The number of piperidine rings is 1. The standard InChI is InChI=1S/C8H12N2S/c1-2-7(4-9-3-1)8-5-11-6-10-8/h5-7,9H,1-4H2/t7-/m0/s1. The van der Waals surface area contributed by atoms with Gasteiger partial charge in [-0.3, -0.25) is 0 Å². The van der Waals surface area contributed by atoms with E-state index in [2.05, 4.69) is 15.7 Å². The molecular weight excluding hydrogens is 156 g/mol. The van der Waals surface area contributed by atoms with Crippen molar-refractivity contribution in [3.05, 3.63) is 16.6 Å². The molecule has 1 aromatic heterocycles. The number of thiazole rings is 1. The normalized spacial score (nSPS) is 25.3. The maximum atomic E-state index is 4.32. The Morgan fingerprint density at radius 3 is 3.27 bits per heavy atom. The summed E-state index contributed by atoms with van der Waals surface area (Å²) < 4.78 is 0. The summed E-state index contributed by atoms with van der Waals surface area (Å²) >= 11 is 1.69. The van der Waals surface area contributed by atoms with E-state index in [1.165, 1.54) is 25.1 Å². The summed E-state index contributed by atoms with van der Waals surface area (Å²) in [6.07, 6.45) is 2.60. The summed E-state index contributed by atoms with van der Waals surface area (Å²) in [4.78, 5) is 4.32. The molecule has 0 aromatic carbocycles. The van der Waals surface area contributed by atoms with E-state index in [4.69, 9.17) is 0 Å². The molecule has 0 saturated carbocycles. The fraction of sp³-hybridized carbons (Fsp3) is 0.625. The molecule has 1 atom stereocenters. The molecule has 0 unspecified atom stereocenters. The molecular formula is C8H12N2S. The Bertz CT molecular complexity index is 202. The number of rotatable bonds is 1. The van der Waals surface area contributed by atoms with Crippen LogP contribution < -0.4 is 5.32 Å². The number of nitrogens with zero attached hydrogens (tertiary/aromatic N) is 1. The van der Waals surface area contributed by atoms with Crippen LogP contribution in [0.25, 0.3) is 0 Å². The molecule has 2 heterocycles. The van der Waals surface area contributed by atoms with Gasteiger partial charge in [0, 0.05) is 17.8 Å². The van der Waals surface area contributed by atoms with Gasteiger partial charge in [-0.2, -0.15) is 0 Å². The van der Waals surface area contributed by atoms with E-state index in [1.54, 1.807) is 11.3 Å². The molecule has 1 saturated heterocycles. The number of hydrogen-bond donors (Lipinski definition) is 1. The zero-order valence-corrected chi connectivity index (χ0v) is 7.23. The Morgan fingerprint density at radius 1 is 1.64 bits per heavy atom. The summed E-state index contributed by atoms with van der Waals surface area (Å²) in [7, 11) is 0. The van der Waals surface area contributed by atoms with Gasteiger partial charge in [0.15, 0.2) is 0 Å². The van der Waals surface area contributed by atoms with E-state index >= 15 is 0 Å². The van der Waals surface area contributed by atoms with Crippen LogP contribution in [0.3, 0.4) is 0 Å². The highest BCUT2D eigenvalue weighted by Gasteiger charge is 2.15. The molecule has 1 aliphatic heterocycles. The lowest BCUT2D eigenvalue weighted by molar-refractivity contribution is 0.456. The quantitative estimate of drug-likeness (QED) is 0.689. The molecule has 0 bridgehead atoms. The maximum absolute atomic E-state index is 4.32. The van der Waals surface area contributed by atoms with Gasteiger partial charge in [0.25, 0.3) is 0 Å². The predicted octanol–water partition coefficient (Wildman–Crippen LogP) is 1.61. The highest BCUT2D eigenvalue weighted by Crippen LogP contribution is 2.22. The smallest absolute Gasteiger partial charge is 0.0794 e. The number of nitrogens with one attached hydrogen (secondary N) is 1. The van der Waals surface area contributed by atoms with Crippen LogP contribution in [0.5, 0.6) is 0 Å². The minimum Gasteiger partial charge on any atom is -0.316 e. The Kier molecular flexibility index (Phi) is 2.19. The van der Waals surface area contributed by atoms with Gasteiger partial charge in [0.2, 0.25) is 0 Å². The SMILES string of the molecule is c1nc([C@H]2CCCNC2)cs1. The summed E-state index contributed by atoms with van der Waals surface area (Å²) in [6, 6.07) is 0. The van der Waals surface area contributed by atoms with Gasteiger partial charge >= 0.3 is 0 Å². The first-order valence-corrected chi connectivity index (χ1v) is 5.00. The molecule has 0 aliphatic carbocycles. The van der Waals surface area contributed by atoms with E-state index in [0.717, 1.165) is 6.54 Å². The van der Waals surface area contributed by atoms with E-state index in [-0.39, 0.29) is 0 Å². The zero-order chi connectivity index (χ0) is 7.52. The molecule has 60 valence electrons. The zero-order valence-electron chi connectivity index (χ0n) is 6.42. The highest BCUT2D eigenvalue weighted by atomic mass is 32.1. The van der Waals surface area contributed by atoms with Gasteiger partial charge in [0.1, 0.15) is 0 Å². The van der Waals surface area contributed by atoms with Crippen LogP contribution in [0, 0.1) is 0 Å². The molecule has 1 N–H and O–H groups in total. The van der Waals surface area contributed by atoms with E-state index in [1.807, 2.05) is 5.51 Å². The molecule has 11 heavy (non-hydrogen) atoms. The van der Waals surface area contributed by atoms with Crippen molar-refractivity contribution in [2.75, 3.05) is 13.1 Å². The summed E-state index contributed by atoms with van der Waals surface area (Å²) in [5, 5.41) is 5.55. The van der Waals surface area contributed by atoms with Crippen molar-refractivity contribution in [1.29, 1.82) is 0 Å². The Labute approximate surface area is 70.7 Å². The second-order valence-corrected chi connectivity index (χ2v) is 3.68. The molecule has 1 aliphatic rings. The van der Waals surface area contributed by atoms with Gasteiger partial charge in [-0.1, -0.05) is 0 Å². The lowest BCUT2D eigenvalue weighted by Gasteiger charge is -2.20. The van der Waals surface area contributed by atoms with Crippen molar-refractivity contribution >= 4 is 11.3 Å². The van der Waals surface area contributed by atoms with Gasteiger partial charge in [0.05, 0.1) is 11.2 Å². The van der Waals surface area contributed by atoms with Crippen LogP contribution in [0.1, 0.15) is 24.5 Å². The number of hydrogen-bond acceptors (Lipinski definition) is 3. The van der Waals surface area contributed by atoms with Crippen molar-refractivity contribution in [2.45, 2.75) is 18.8 Å². The lowest BCUT2D eigenvalue weighted by Crippen LogP contribution is -2.28. The van der Waals surface area contributed by atoms with E-state index in [0.29, 0.717) is 5.92 Å². The largest absolute Gasteiger partial charge is 0.316 e. The van der Waals surface area contributed by atoms with Crippen molar-refractivity contribution < 1.29 is 0 Å². The average molecular weight is 168 g/mol. The van der Waals surface area contributed by atoms with E-state index < -0.39 is 0 Å². The topological polar surface area (TPSA) is 24.9 Å². The van der Waals surface area contributed by atoms with Crippen molar-refractivity contribution in [2.24, 2.45) is 0 Å². The first-order chi connectivity index (χ1) is 5.47. The van der Waals surface area contributed by atoms with Crippen LogP contribution >= 0.6 is 11.3 Å². The van der Waals surface area contributed by atoms with Crippen LogP contribution in [-0.2, 0) is 0 Å². The van der Waals surface area contributed by atoms with Gasteiger partial charge in [-0.05, 0) is 19.4 Å². The van der Waals surface area contributed by atoms with Crippen LogP contribution in [0.15, 0.2) is 10.9 Å². The van der Waals surface area contributed by atoms with Crippen molar-refractivity contribution in [1.82, 2.24) is 10.3 Å². The maximum Gasteiger partial charge on any atom is 0.0794 e. The van der Waals surface area contributed by atoms with Crippen molar-refractivity contribution in [3.63, 3.8) is 0 Å². The Balaban J connectivity index is 2.04. The third kappa shape index (κ3) is 1.60. The molecule has 1 fully saturated rings. The van der Waals surface area contributed by atoms with Crippen molar-refractivity contribution in [3.8, 4) is 0 Å². The molecule has 1 aromatic rings. The second-order valence-electron chi connectivity index (χ2n) is 2.96. The molecule has 0 amide bonds. The Morgan fingerprint density at radius 2 is 2.64 bits per heavy atom. The molecule has 0 spiro atoms. The first kappa shape index (κ1) is 7.25.